The van der Waals surface area contributed by atoms with Crippen LogP contribution >= 0.6 is 11.3 Å². The Bertz CT molecular complexity index is 1200. The quantitative estimate of drug-likeness (QED) is 0.413. The first-order valence-corrected chi connectivity index (χ1v) is 10.5. The fraction of sp³-hybridized carbons (Fsp3) is 0.227. The minimum atomic E-state index is -0.274. The number of carbonyl (C=O) groups is 1. The van der Waals surface area contributed by atoms with Crippen LogP contribution in [-0.2, 0) is 6.54 Å². The van der Waals surface area contributed by atoms with Crippen molar-refractivity contribution in [3.05, 3.63) is 52.9 Å². The highest BCUT2D eigenvalue weighted by Gasteiger charge is 2.18. The van der Waals surface area contributed by atoms with Crippen LogP contribution in [0, 0.1) is 6.92 Å². The highest BCUT2D eigenvalue weighted by molar-refractivity contribution is 7.15. The first kappa shape index (κ1) is 21.4. The summed E-state index contributed by atoms with van der Waals surface area (Å²) in [6.07, 6.45) is 1.61. The highest BCUT2D eigenvalue weighted by atomic mass is 32.1. The minimum absolute atomic E-state index is 0.274. The molecule has 0 spiro atoms. The number of hydrogen-bond acceptors (Lipinski definition) is 8. The van der Waals surface area contributed by atoms with Gasteiger partial charge in [-0.1, -0.05) is 0 Å². The van der Waals surface area contributed by atoms with Gasteiger partial charge >= 0.3 is 0 Å². The molecule has 0 aliphatic rings. The fourth-order valence-corrected chi connectivity index (χ4v) is 4.14. The second-order valence-corrected chi connectivity index (χ2v) is 7.85. The highest BCUT2D eigenvalue weighted by Crippen LogP contribution is 2.40. The predicted molar refractivity (Wildman–Crippen MR) is 119 cm³/mol. The topological polar surface area (TPSA) is 112 Å². The summed E-state index contributed by atoms with van der Waals surface area (Å²) in [4.78, 5) is 18.1. The zero-order valence-electron chi connectivity index (χ0n) is 18.0. The van der Waals surface area contributed by atoms with Crippen LogP contribution in [0.25, 0.3) is 22.0 Å². The van der Waals surface area contributed by atoms with Gasteiger partial charge in [0.05, 0.1) is 45.5 Å². The van der Waals surface area contributed by atoms with Crippen molar-refractivity contribution in [1.29, 1.82) is 0 Å². The molecule has 0 saturated carbocycles. The van der Waals surface area contributed by atoms with Gasteiger partial charge in [0.25, 0.3) is 5.91 Å². The Morgan fingerprint density at radius 3 is 2.53 bits per heavy atom. The Balaban J connectivity index is 1.49. The first-order chi connectivity index (χ1) is 15.5. The summed E-state index contributed by atoms with van der Waals surface area (Å²) in [7, 11) is 4.63. The molecule has 4 rings (SSSR count). The van der Waals surface area contributed by atoms with Crippen molar-refractivity contribution in [2.45, 2.75) is 13.5 Å². The van der Waals surface area contributed by atoms with Crippen molar-refractivity contribution in [2.24, 2.45) is 0 Å². The van der Waals surface area contributed by atoms with Gasteiger partial charge in [-0.05, 0) is 37.3 Å². The van der Waals surface area contributed by atoms with Crippen molar-refractivity contribution in [3.63, 3.8) is 0 Å². The molecule has 9 nitrogen and oxygen atoms in total. The van der Waals surface area contributed by atoms with Gasteiger partial charge in [0.1, 0.15) is 5.69 Å². The molecular formula is C22H22N4O5S. The van der Waals surface area contributed by atoms with Crippen LogP contribution in [0.3, 0.4) is 0 Å². The van der Waals surface area contributed by atoms with Gasteiger partial charge in [0.15, 0.2) is 22.3 Å². The van der Waals surface area contributed by atoms with Crippen LogP contribution in [0.2, 0.25) is 0 Å². The van der Waals surface area contributed by atoms with E-state index in [1.807, 2.05) is 19.1 Å². The van der Waals surface area contributed by atoms with Gasteiger partial charge in [-0.15, -0.1) is 11.3 Å². The van der Waals surface area contributed by atoms with E-state index in [9.17, 15) is 4.79 Å². The van der Waals surface area contributed by atoms with E-state index in [1.54, 1.807) is 45.8 Å². The average molecular weight is 455 g/mol. The number of carbonyl (C=O) groups excluding carboxylic acids is 1. The van der Waals surface area contributed by atoms with Gasteiger partial charge in [-0.2, -0.15) is 5.10 Å². The molecule has 2 N–H and O–H groups in total. The number of aryl methyl sites for hydroxylation is 1. The van der Waals surface area contributed by atoms with Gasteiger partial charge in [0.2, 0.25) is 5.75 Å². The van der Waals surface area contributed by atoms with E-state index >= 15 is 0 Å². The molecular weight excluding hydrogens is 432 g/mol. The van der Waals surface area contributed by atoms with E-state index in [2.05, 4.69) is 20.5 Å². The fourth-order valence-electron chi connectivity index (χ4n) is 3.17. The van der Waals surface area contributed by atoms with Crippen LogP contribution < -0.4 is 19.5 Å². The zero-order valence-corrected chi connectivity index (χ0v) is 18.8. The minimum Gasteiger partial charge on any atom is -0.493 e. The number of amides is 1. The molecule has 0 radical (unpaired) electrons. The van der Waals surface area contributed by atoms with Crippen molar-refractivity contribution < 1.29 is 23.4 Å². The van der Waals surface area contributed by atoms with E-state index < -0.39 is 0 Å². The smallest absolute Gasteiger partial charge is 0.269 e. The summed E-state index contributed by atoms with van der Waals surface area (Å²) in [6, 6.07) is 8.89. The lowest BCUT2D eigenvalue weighted by molar-refractivity contribution is 0.0946. The number of rotatable bonds is 8. The second kappa shape index (κ2) is 9.15. The van der Waals surface area contributed by atoms with Crippen LogP contribution in [0.1, 0.15) is 21.1 Å². The molecule has 0 atom stereocenters. The zero-order chi connectivity index (χ0) is 22.7. The normalized spacial score (nSPS) is 10.8. The number of benzene rings is 1. The number of aromatic nitrogens is 3. The molecule has 0 saturated heterocycles. The molecule has 1 aromatic carbocycles. The number of ether oxygens (including phenoxy) is 3. The van der Waals surface area contributed by atoms with Crippen LogP contribution in [0.5, 0.6) is 17.2 Å². The molecule has 3 heterocycles. The third kappa shape index (κ3) is 4.17. The van der Waals surface area contributed by atoms with Gasteiger partial charge in [-0.3, -0.25) is 9.89 Å². The summed E-state index contributed by atoms with van der Waals surface area (Å²) in [5.41, 5.74) is 2.48. The van der Waals surface area contributed by atoms with Gasteiger partial charge in [0, 0.05) is 10.4 Å². The van der Waals surface area contributed by atoms with Crippen molar-refractivity contribution in [1.82, 2.24) is 20.5 Å². The summed E-state index contributed by atoms with van der Waals surface area (Å²) >= 11 is 1.48. The van der Waals surface area contributed by atoms with Crippen LogP contribution in [0.4, 0.5) is 0 Å². The molecule has 166 valence electrons. The van der Waals surface area contributed by atoms with Crippen molar-refractivity contribution >= 4 is 17.2 Å². The maximum atomic E-state index is 12.7. The maximum absolute atomic E-state index is 12.7. The Kier molecular flexibility index (Phi) is 6.13. The number of nitrogens with one attached hydrogen (secondary N) is 2. The Hall–Kier alpha value is -3.79. The number of thiazole rings is 1. The van der Waals surface area contributed by atoms with Crippen molar-refractivity contribution in [3.8, 4) is 39.3 Å². The molecule has 0 fully saturated rings. The SMILES string of the molecule is COc1cc(-c2cc(C(=O)NCc3sc(-c4ccco4)nc3C)[nH]n2)cc(OC)c1OC. The molecule has 4 aromatic rings. The predicted octanol–water partition coefficient (Wildman–Crippen LogP) is 4.06. The van der Waals surface area contributed by atoms with E-state index in [0.717, 1.165) is 21.1 Å². The Labute approximate surface area is 188 Å². The monoisotopic (exact) mass is 454 g/mol. The van der Waals surface area contributed by atoms with Crippen molar-refractivity contribution in [2.75, 3.05) is 21.3 Å². The molecule has 32 heavy (non-hydrogen) atoms. The van der Waals surface area contributed by atoms with Crippen LogP contribution in [0.15, 0.2) is 41.0 Å². The Morgan fingerprint density at radius 1 is 1.16 bits per heavy atom. The summed E-state index contributed by atoms with van der Waals surface area (Å²) < 4.78 is 21.5. The largest absolute Gasteiger partial charge is 0.493 e. The van der Waals surface area contributed by atoms with E-state index in [0.29, 0.717) is 40.9 Å². The van der Waals surface area contributed by atoms with Crippen LogP contribution in [-0.4, -0.2) is 42.4 Å². The molecule has 0 bridgehead atoms. The van der Waals surface area contributed by atoms with Gasteiger partial charge in [-0.25, -0.2) is 4.98 Å². The van der Waals surface area contributed by atoms with E-state index in [4.69, 9.17) is 18.6 Å². The number of furan rings is 1. The number of nitrogens with zero attached hydrogens (tertiary/aromatic N) is 2. The molecule has 0 unspecified atom stereocenters. The number of methoxy groups -OCH3 is 3. The maximum Gasteiger partial charge on any atom is 0.269 e. The Morgan fingerprint density at radius 2 is 1.91 bits per heavy atom. The molecule has 3 aromatic heterocycles. The standard InChI is InChI=1S/C22H22N4O5S/c1-12-19(32-22(24-12)16-6-5-7-31-16)11-23-21(27)15-10-14(25-26-15)13-8-17(28-2)20(30-4)18(9-13)29-3/h5-10H,11H2,1-4H3,(H,23,27)(H,25,26). The van der Waals surface area contributed by atoms with E-state index in [1.165, 1.54) is 11.3 Å². The molecule has 1 amide bonds. The summed E-state index contributed by atoms with van der Waals surface area (Å²) in [5.74, 6) is 1.93. The lowest BCUT2D eigenvalue weighted by atomic mass is 10.1. The second-order valence-electron chi connectivity index (χ2n) is 6.77. The lowest BCUT2D eigenvalue weighted by Crippen LogP contribution is -2.23. The third-order valence-corrected chi connectivity index (χ3v) is 5.99. The molecule has 0 aliphatic carbocycles. The van der Waals surface area contributed by atoms with E-state index in [-0.39, 0.29) is 5.91 Å². The molecule has 0 aliphatic heterocycles. The third-order valence-electron chi connectivity index (χ3n) is 4.82. The first-order valence-electron chi connectivity index (χ1n) is 9.68. The number of hydrogen-bond donors (Lipinski definition) is 2. The summed E-state index contributed by atoms with van der Waals surface area (Å²) in [6.45, 7) is 2.25. The number of aromatic amines is 1. The lowest BCUT2D eigenvalue weighted by Gasteiger charge is -2.13. The molecule has 10 heteroatoms. The van der Waals surface area contributed by atoms with Gasteiger partial charge < -0.3 is 23.9 Å². The number of H-pyrrole nitrogens is 1. The summed E-state index contributed by atoms with van der Waals surface area (Å²) in [5, 5.41) is 10.7. The average Bonchev–Trinajstić information content (AvgIpc) is 3.57.